The van der Waals surface area contributed by atoms with E-state index in [1.807, 2.05) is 6.92 Å². The Morgan fingerprint density at radius 1 is 1.20 bits per heavy atom. The highest BCUT2D eigenvalue weighted by Gasteiger charge is 2.25. The highest BCUT2D eigenvalue weighted by Crippen LogP contribution is 2.27. The van der Waals surface area contributed by atoms with Crippen molar-refractivity contribution in [2.24, 2.45) is 5.92 Å². The first-order valence-corrected chi connectivity index (χ1v) is 7.02. The van der Waals surface area contributed by atoms with Crippen molar-refractivity contribution >= 4 is 0 Å². The standard InChI is InChI=1S/C14H18N4O2/c1-9-7-15-13(16-8-9)14-17-12(20-18-14)6-10-4-2-3-5-11(10)19/h7-8,10-11,19H,2-6H2,1H3. The zero-order valence-electron chi connectivity index (χ0n) is 11.5. The summed E-state index contributed by atoms with van der Waals surface area (Å²) >= 11 is 0. The van der Waals surface area contributed by atoms with Crippen LogP contribution in [0.4, 0.5) is 0 Å². The number of aliphatic hydroxyl groups excluding tert-OH is 1. The highest BCUT2D eigenvalue weighted by atomic mass is 16.5. The molecular formula is C14H18N4O2. The van der Waals surface area contributed by atoms with Crippen molar-refractivity contribution < 1.29 is 9.63 Å². The zero-order valence-corrected chi connectivity index (χ0v) is 11.5. The summed E-state index contributed by atoms with van der Waals surface area (Å²) in [6.07, 6.45) is 7.96. The molecule has 3 rings (SSSR count). The molecule has 0 aromatic carbocycles. The summed E-state index contributed by atoms with van der Waals surface area (Å²) in [6.45, 7) is 1.93. The minimum Gasteiger partial charge on any atom is -0.393 e. The molecule has 2 heterocycles. The van der Waals surface area contributed by atoms with Gasteiger partial charge in [0.1, 0.15) is 0 Å². The Bertz CT molecular complexity index is 567. The molecule has 1 saturated carbocycles. The van der Waals surface area contributed by atoms with Crippen molar-refractivity contribution in [3.63, 3.8) is 0 Å². The third-order valence-corrected chi connectivity index (χ3v) is 3.75. The highest BCUT2D eigenvalue weighted by molar-refractivity contribution is 5.40. The van der Waals surface area contributed by atoms with E-state index in [-0.39, 0.29) is 12.0 Å². The van der Waals surface area contributed by atoms with E-state index in [4.69, 9.17) is 4.52 Å². The predicted molar refractivity (Wildman–Crippen MR) is 71.7 cm³/mol. The van der Waals surface area contributed by atoms with E-state index in [1.165, 1.54) is 0 Å². The molecule has 2 aromatic rings. The normalized spacial score (nSPS) is 22.9. The molecule has 2 atom stereocenters. The molecule has 20 heavy (non-hydrogen) atoms. The molecular weight excluding hydrogens is 256 g/mol. The van der Waals surface area contributed by atoms with Gasteiger partial charge in [-0.05, 0) is 31.2 Å². The largest absolute Gasteiger partial charge is 0.393 e. The minimum absolute atomic E-state index is 0.219. The average molecular weight is 274 g/mol. The van der Waals surface area contributed by atoms with E-state index in [2.05, 4.69) is 20.1 Å². The van der Waals surface area contributed by atoms with Gasteiger partial charge in [0.25, 0.3) is 0 Å². The van der Waals surface area contributed by atoms with Crippen LogP contribution in [0, 0.1) is 12.8 Å². The Labute approximate surface area is 117 Å². The lowest BCUT2D eigenvalue weighted by atomic mass is 9.84. The zero-order chi connectivity index (χ0) is 13.9. The molecule has 6 heteroatoms. The van der Waals surface area contributed by atoms with Crippen molar-refractivity contribution in [1.82, 2.24) is 20.1 Å². The second-order valence-electron chi connectivity index (χ2n) is 5.41. The second kappa shape index (κ2) is 5.66. The van der Waals surface area contributed by atoms with Crippen LogP contribution in [-0.4, -0.2) is 31.3 Å². The van der Waals surface area contributed by atoms with Crippen molar-refractivity contribution in [3.05, 3.63) is 23.8 Å². The third kappa shape index (κ3) is 2.85. The summed E-state index contributed by atoms with van der Waals surface area (Å²) in [7, 11) is 0. The molecule has 1 N–H and O–H groups in total. The fourth-order valence-electron chi connectivity index (χ4n) is 2.59. The SMILES string of the molecule is Cc1cnc(-c2noc(CC3CCCCC3O)n2)nc1. The number of aryl methyl sites for hydroxylation is 1. The fraction of sp³-hybridized carbons (Fsp3) is 0.571. The second-order valence-corrected chi connectivity index (χ2v) is 5.41. The molecule has 106 valence electrons. The van der Waals surface area contributed by atoms with Crippen LogP contribution in [0.15, 0.2) is 16.9 Å². The maximum atomic E-state index is 9.97. The maximum absolute atomic E-state index is 9.97. The van der Waals surface area contributed by atoms with Gasteiger partial charge in [-0.1, -0.05) is 18.0 Å². The van der Waals surface area contributed by atoms with Crippen LogP contribution in [-0.2, 0) is 6.42 Å². The van der Waals surface area contributed by atoms with Crippen LogP contribution >= 0.6 is 0 Å². The number of nitrogens with zero attached hydrogens (tertiary/aromatic N) is 4. The molecule has 0 aliphatic heterocycles. The van der Waals surface area contributed by atoms with E-state index < -0.39 is 0 Å². The Morgan fingerprint density at radius 2 is 1.95 bits per heavy atom. The van der Waals surface area contributed by atoms with Gasteiger partial charge < -0.3 is 9.63 Å². The first kappa shape index (κ1) is 13.2. The van der Waals surface area contributed by atoms with Gasteiger partial charge in [-0.2, -0.15) is 4.98 Å². The molecule has 2 aromatic heterocycles. The molecule has 0 saturated heterocycles. The summed E-state index contributed by atoms with van der Waals surface area (Å²) in [5.74, 6) is 1.64. The van der Waals surface area contributed by atoms with Crippen molar-refractivity contribution in [2.45, 2.75) is 45.1 Å². The summed E-state index contributed by atoms with van der Waals surface area (Å²) in [6, 6.07) is 0. The molecule has 0 radical (unpaired) electrons. The number of aliphatic hydroxyl groups is 1. The van der Waals surface area contributed by atoms with Gasteiger partial charge in [0.15, 0.2) is 0 Å². The van der Waals surface area contributed by atoms with Crippen molar-refractivity contribution in [2.75, 3.05) is 0 Å². The monoisotopic (exact) mass is 274 g/mol. The van der Waals surface area contributed by atoms with E-state index in [0.717, 1.165) is 31.2 Å². The molecule has 1 aliphatic rings. The summed E-state index contributed by atoms with van der Waals surface area (Å²) in [5, 5.41) is 13.9. The van der Waals surface area contributed by atoms with Crippen LogP contribution in [0.3, 0.4) is 0 Å². The summed E-state index contributed by atoms with van der Waals surface area (Å²) in [4.78, 5) is 12.7. The van der Waals surface area contributed by atoms with Crippen LogP contribution in [0.25, 0.3) is 11.6 Å². The number of aromatic nitrogens is 4. The lowest BCUT2D eigenvalue weighted by Gasteiger charge is -2.26. The quantitative estimate of drug-likeness (QED) is 0.920. The van der Waals surface area contributed by atoms with Gasteiger partial charge in [-0.15, -0.1) is 0 Å². The first-order chi connectivity index (χ1) is 9.72. The maximum Gasteiger partial charge on any atom is 0.240 e. The predicted octanol–water partition coefficient (Wildman–Crippen LogP) is 1.93. The van der Waals surface area contributed by atoms with Gasteiger partial charge in [-0.3, -0.25) is 0 Å². The Hall–Kier alpha value is -1.82. The molecule has 0 spiro atoms. The Kier molecular flexibility index (Phi) is 3.73. The minimum atomic E-state index is -0.255. The van der Waals surface area contributed by atoms with Crippen LogP contribution in [0.5, 0.6) is 0 Å². The third-order valence-electron chi connectivity index (χ3n) is 3.75. The summed E-state index contributed by atoms with van der Waals surface area (Å²) in [5.41, 5.74) is 0.989. The van der Waals surface area contributed by atoms with Crippen LogP contribution < -0.4 is 0 Å². The number of hydrogen-bond acceptors (Lipinski definition) is 6. The van der Waals surface area contributed by atoms with Gasteiger partial charge in [-0.25, -0.2) is 9.97 Å². The molecule has 6 nitrogen and oxygen atoms in total. The molecule has 0 amide bonds. The van der Waals surface area contributed by atoms with Crippen molar-refractivity contribution in [3.8, 4) is 11.6 Å². The molecule has 1 aliphatic carbocycles. The van der Waals surface area contributed by atoms with Gasteiger partial charge in [0.05, 0.1) is 6.10 Å². The van der Waals surface area contributed by atoms with E-state index in [0.29, 0.717) is 24.0 Å². The molecule has 1 fully saturated rings. The molecule has 0 bridgehead atoms. The van der Waals surface area contributed by atoms with Crippen molar-refractivity contribution in [1.29, 1.82) is 0 Å². The number of rotatable bonds is 3. The fourth-order valence-corrected chi connectivity index (χ4v) is 2.59. The first-order valence-electron chi connectivity index (χ1n) is 7.02. The van der Waals surface area contributed by atoms with Gasteiger partial charge in [0, 0.05) is 18.8 Å². The lowest BCUT2D eigenvalue weighted by Crippen LogP contribution is -2.26. The number of hydrogen-bond donors (Lipinski definition) is 1. The average Bonchev–Trinajstić information content (AvgIpc) is 2.91. The van der Waals surface area contributed by atoms with E-state index in [9.17, 15) is 5.11 Å². The lowest BCUT2D eigenvalue weighted by molar-refractivity contribution is 0.0657. The van der Waals surface area contributed by atoms with Crippen LogP contribution in [0.1, 0.15) is 37.1 Å². The van der Waals surface area contributed by atoms with Gasteiger partial charge >= 0.3 is 0 Å². The summed E-state index contributed by atoms with van der Waals surface area (Å²) < 4.78 is 5.25. The van der Waals surface area contributed by atoms with E-state index >= 15 is 0 Å². The van der Waals surface area contributed by atoms with Gasteiger partial charge in [0.2, 0.25) is 17.5 Å². The van der Waals surface area contributed by atoms with E-state index in [1.54, 1.807) is 12.4 Å². The Morgan fingerprint density at radius 3 is 2.70 bits per heavy atom. The topological polar surface area (TPSA) is 84.9 Å². The van der Waals surface area contributed by atoms with Crippen LogP contribution in [0.2, 0.25) is 0 Å². The Balaban J connectivity index is 1.71. The smallest absolute Gasteiger partial charge is 0.240 e. The molecule has 2 unspecified atom stereocenters.